The number of aryl methyl sites for hydroxylation is 3. The summed E-state index contributed by atoms with van der Waals surface area (Å²) in [6.07, 6.45) is 3.22. The molecule has 0 atom stereocenters. The molecule has 3 heterocycles. The van der Waals surface area contributed by atoms with Gasteiger partial charge in [0, 0.05) is 12.6 Å². The van der Waals surface area contributed by atoms with Gasteiger partial charge in [0.05, 0.1) is 23.1 Å². The second-order valence-corrected chi connectivity index (χ2v) is 10.4. The molecule has 0 aliphatic carbocycles. The smallest absolute Gasteiger partial charge is 0.333 e. The summed E-state index contributed by atoms with van der Waals surface area (Å²) in [5.74, 6) is -0.223. The van der Waals surface area contributed by atoms with E-state index in [-0.39, 0.29) is 18.0 Å². The number of rotatable bonds is 8. The summed E-state index contributed by atoms with van der Waals surface area (Å²) in [6.45, 7) is 10.5. The summed E-state index contributed by atoms with van der Waals surface area (Å²) in [5, 5.41) is 18.1. The van der Waals surface area contributed by atoms with Crippen molar-refractivity contribution < 1.29 is 24.2 Å². The van der Waals surface area contributed by atoms with Gasteiger partial charge in [-0.2, -0.15) is 0 Å². The van der Waals surface area contributed by atoms with E-state index in [0.29, 0.717) is 34.2 Å². The van der Waals surface area contributed by atoms with E-state index < -0.39 is 22.8 Å². The third kappa shape index (κ3) is 5.73. The van der Waals surface area contributed by atoms with E-state index >= 15 is 0 Å². The number of thiophene rings is 1. The van der Waals surface area contributed by atoms with Crippen LogP contribution in [-0.2, 0) is 23.3 Å². The van der Waals surface area contributed by atoms with Crippen LogP contribution in [0.4, 0.5) is 0 Å². The van der Waals surface area contributed by atoms with E-state index in [9.17, 15) is 19.5 Å². The van der Waals surface area contributed by atoms with Gasteiger partial charge < -0.3 is 19.4 Å². The minimum atomic E-state index is -1.75. The van der Waals surface area contributed by atoms with Crippen molar-refractivity contribution in [2.45, 2.75) is 66.2 Å². The van der Waals surface area contributed by atoms with Gasteiger partial charge in [-0.1, -0.05) is 18.2 Å². The Hall–Kier alpha value is -3.70. The monoisotopic (exact) mass is 543 g/mol. The molecule has 1 aromatic carbocycles. The van der Waals surface area contributed by atoms with E-state index in [1.54, 1.807) is 20.8 Å². The minimum Gasteiger partial charge on any atom is -0.494 e. The number of carboxylic acids is 1. The topological polar surface area (TPSA) is 137 Å². The Morgan fingerprint density at radius 2 is 1.89 bits per heavy atom. The summed E-state index contributed by atoms with van der Waals surface area (Å²) in [5.41, 5.74) is -1.58. The highest BCUT2D eigenvalue weighted by Gasteiger charge is 2.35. The van der Waals surface area contributed by atoms with Crippen molar-refractivity contribution in [1.29, 1.82) is 0 Å². The maximum absolute atomic E-state index is 13.6. The predicted octanol–water partition coefficient (Wildman–Crippen LogP) is 4.04. The SMILES string of the molecule is CC(C)O.CCOc1ccccc1CCn1c(=O)n(C(C)(C)C(=O)O)c(=O)c2c(C)c(-c3ncco3)sc21. The van der Waals surface area contributed by atoms with E-state index in [0.717, 1.165) is 15.9 Å². The summed E-state index contributed by atoms with van der Waals surface area (Å²) in [6, 6.07) is 7.55. The van der Waals surface area contributed by atoms with Crippen molar-refractivity contribution in [1.82, 2.24) is 14.1 Å². The molecule has 0 saturated heterocycles. The first-order valence-corrected chi connectivity index (χ1v) is 13.0. The Kier molecular flexibility index (Phi) is 8.95. The Morgan fingerprint density at radius 3 is 2.47 bits per heavy atom. The van der Waals surface area contributed by atoms with Crippen LogP contribution in [0, 0.1) is 6.92 Å². The van der Waals surface area contributed by atoms with Crippen LogP contribution in [0.5, 0.6) is 5.75 Å². The predicted molar refractivity (Wildman–Crippen MR) is 146 cm³/mol. The summed E-state index contributed by atoms with van der Waals surface area (Å²) in [7, 11) is 0. The minimum absolute atomic E-state index is 0.167. The van der Waals surface area contributed by atoms with Crippen LogP contribution in [0.2, 0.25) is 0 Å². The van der Waals surface area contributed by atoms with Crippen LogP contribution in [0.15, 0.2) is 50.7 Å². The first-order chi connectivity index (χ1) is 17.9. The Labute approximate surface area is 223 Å². The number of carboxylic acid groups (broad SMARTS) is 1. The van der Waals surface area contributed by atoms with Crippen LogP contribution in [0.1, 0.15) is 45.7 Å². The highest BCUT2D eigenvalue weighted by atomic mass is 32.1. The molecule has 2 N–H and O–H groups in total. The number of hydrogen-bond donors (Lipinski definition) is 2. The summed E-state index contributed by atoms with van der Waals surface area (Å²) in [4.78, 5) is 44.3. The molecule has 0 fully saturated rings. The number of benzene rings is 1. The number of aliphatic hydroxyl groups is 1. The number of aromatic nitrogens is 3. The average molecular weight is 544 g/mol. The van der Waals surface area contributed by atoms with Gasteiger partial charge in [-0.3, -0.25) is 9.36 Å². The van der Waals surface area contributed by atoms with Crippen LogP contribution in [-0.4, -0.2) is 43.0 Å². The van der Waals surface area contributed by atoms with Crippen molar-refractivity contribution in [3.63, 3.8) is 0 Å². The first kappa shape index (κ1) is 28.9. The summed E-state index contributed by atoms with van der Waals surface area (Å²) < 4.78 is 13.4. The van der Waals surface area contributed by atoms with Crippen molar-refractivity contribution in [3.8, 4) is 16.5 Å². The fraction of sp³-hybridized carbons (Fsp3) is 0.407. The Balaban J connectivity index is 0.000000934. The van der Waals surface area contributed by atoms with Gasteiger partial charge >= 0.3 is 11.7 Å². The quantitative estimate of drug-likeness (QED) is 0.340. The lowest BCUT2D eigenvalue weighted by molar-refractivity contribution is -0.146. The second-order valence-electron chi connectivity index (χ2n) is 9.40. The van der Waals surface area contributed by atoms with Crippen molar-refractivity contribution in [2.24, 2.45) is 0 Å². The van der Waals surface area contributed by atoms with Gasteiger partial charge in [0.2, 0.25) is 5.89 Å². The fourth-order valence-electron chi connectivity index (χ4n) is 3.91. The highest BCUT2D eigenvalue weighted by Crippen LogP contribution is 2.36. The first-order valence-electron chi connectivity index (χ1n) is 12.2. The van der Waals surface area contributed by atoms with Gasteiger partial charge in [-0.25, -0.2) is 19.1 Å². The fourth-order valence-corrected chi connectivity index (χ4v) is 5.17. The molecular weight excluding hydrogens is 510 g/mol. The van der Waals surface area contributed by atoms with Crippen LogP contribution in [0.3, 0.4) is 0 Å². The van der Waals surface area contributed by atoms with E-state index in [1.165, 1.54) is 42.2 Å². The molecule has 0 radical (unpaired) electrons. The Morgan fingerprint density at radius 1 is 1.24 bits per heavy atom. The molecule has 4 aromatic rings. The van der Waals surface area contributed by atoms with Gasteiger partial charge in [-0.15, -0.1) is 11.3 Å². The molecular formula is C27H33N3O7S. The zero-order valence-electron chi connectivity index (χ0n) is 22.3. The second kappa shape index (κ2) is 11.8. The maximum atomic E-state index is 13.6. The molecule has 0 spiro atoms. The third-order valence-corrected chi connectivity index (χ3v) is 7.10. The molecule has 204 valence electrons. The van der Waals surface area contributed by atoms with Gasteiger partial charge in [0.1, 0.15) is 22.4 Å². The molecule has 0 amide bonds. The number of nitrogens with zero attached hydrogens (tertiary/aromatic N) is 3. The molecule has 0 aliphatic rings. The van der Waals surface area contributed by atoms with Crippen molar-refractivity contribution in [3.05, 3.63) is 68.7 Å². The molecule has 4 rings (SSSR count). The molecule has 3 aromatic heterocycles. The highest BCUT2D eigenvalue weighted by molar-refractivity contribution is 7.22. The average Bonchev–Trinajstić information content (AvgIpc) is 3.48. The number of aliphatic hydroxyl groups excluding tert-OH is 1. The molecule has 0 saturated carbocycles. The molecule has 10 nitrogen and oxygen atoms in total. The normalized spacial score (nSPS) is 11.5. The molecule has 38 heavy (non-hydrogen) atoms. The third-order valence-electron chi connectivity index (χ3n) is 5.80. The largest absolute Gasteiger partial charge is 0.494 e. The van der Waals surface area contributed by atoms with E-state index in [4.69, 9.17) is 14.3 Å². The van der Waals surface area contributed by atoms with Crippen molar-refractivity contribution in [2.75, 3.05) is 6.61 Å². The number of carbonyl (C=O) groups is 1. The lowest BCUT2D eigenvalue weighted by Crippen LogP contribution is -2.52. The molecule has 11 heteroatoms. The molecule has 0 aliphatic heterocycles. The number of aliphatic carboxylic acids is 1. The lowest BCUT2D eigenvalue weighted by Gasteiger charge is -2.23. The number of ether oxygens (including phenoxy) is 1. The molecule has 0 bridgehead atoms. The number of para-hydroxylation sites is 1. The lowest BCUT2D eigenvalue weighted by atomic mass is 10.1. The van der Waals surface area contributed by atoms with E-state index in [2.05, 4.69) is 4.98 Å². The molecule has 0 unspecified atom stereocenters. The van der Waals surface area contributed by atoms with Gasteiger partial charge in [0.15, 0.2) is 0 Å². The van der Waals surface area contributed by atoms with Crippen LogP contribution < -0.4 is 16.0 Å². The number of hydrogen-bond acceptors (Lipinski definition) is 8. The van der Waals surface area contributed by atoms with Gasteiger partial charge in [-0.05, 0) is 65.2 Å². The number of fused-ring (bicyclic) bond motifs is 1. The number of oxazole rings is 1. The van der Waals surface area contributed by atoms with Crippen molar-refractivity contribution >= 4 is 27.5 Å². The zero-order valence-corrected chi connectivity index (χ0v) is 23.2. The standard InChI is InChI=1S/C24H25N3O6S.C3H8O/c1-5-32-16-9-7-6-8-15(16)10-12-26-21-17(14(2)18(34-21)19-25-11-13-33-19)20(28)27(23(26)31)24(3,4)22(29)30;1-3(2)4/h6-9,11,13H,5,10,12H2,1-4H3,(H,29,30);3-4H,1-2H3. The van der Waals surface area contributed by atoms with Crippen LogP contribution >= 0.6 is 11.3 Å². The Bertz CT molecular complexity index is 1530. The van der Waals surface area contributed by atoms with Crippen LogP contribution in [0.25, 0.3) is 21.0 Å². The zero-order chi connectivity index (χ0) is 28.2. The van der Waals surface area contributed by atoms with E-state index in [1.807, 2.05) is 31.2 Å². The maximum Gasteiger partial charge on any atom is 0.333 e. The summed E-state index contributed by atoms with van der Waals surface area (Å²) >= 11 is 1.23. The van der Waals surface area contributed by atoms with Gasteiger partial charge in [0.25, 0.3) is 5.56 Å².